The van der Waals surface area contributed by atoms with Crippen molar-refractivity contribution in [3.8, 4) is 0 Å². The average Bonchev–Trinajstić information content (AvgIpc) is 3.21. The number of hydrogen-bond donors (Lipinski definition) is 2. The van der Waals surface area contributed by atoms with Gasteiger partial charge in [-0.3, -0.25) is 9.48 Å². The fraction of sp³-hybridized carbons (Fsp3) is 0.476. The molecule has 0 unspecified atom stereocenters. The molecule has 3 aromatic heterocycles. The Morgan fingerprint density at radius 1 is 1.16 bits per heavy atom. The molecule has 0 fully saturated rings. The molecule has 0 bridgehead atoms. The van der Waals surface area contributed by atoms with Crippen LogP contribution >= 0.6 is 0 Å². The van der Waals surface area contributed by atoms with Crippen LogP contribution in [0.25, 0.3) is 0 Å². The van der Waals surface area contributed by atoms with Gasteiger partial charge in [0, 0.05) is 25.0 Å². The van der Waals surface area contributed by atoms with Crippen molar-refractivity contribution in [1.82, 2.24) is 29.9 Å². The number of aromatic amines is 1. The minimum atomic E-state index is -4.86. The Kier molecular flexibility index (Phi) is 7.12. The van der Waals surface area contributed by atoms with Gasteiger partial charge in [-0.2, -0.15) is 36.5 Å². The molecule has 4 heterocycles. The number of halogens is 6. The number of nitrogens with one attached hydrogen (secondary N) is 2. The summed E-state index contributed by atoms with van der Waals surface area (Å²) in [5.41, 5.74) is -2.76. The molecule has 0 aliphatic carbocycles. The number of H-pyrrole nitrogens is 1. The largest absolute Gasteiger partial charge is 0.423 e. The molecule has 0 saturated heterocycles. The molecule has 37 heavy (non-hydrogen) atoms. The summed E-state index contributed by atoms with van der Waals surface area (Å²) in [5, 5.41) is 12.3. The molecule has 16 heteroatoms. The van der Waals surface area contributed by atoms with Crippen LogP contribution in [-0.2, 0) is 30.2 Å². The molecule has 2 N–H and O–H groups in total. The van der Waals surface area contributed by atoms with Gasteiger partial charge in [0.2, 0.25) is 5.95 Å². The van der Waals surface area contributed by atoms with Gasteiger partial charge in [-0.1, -0.05) is 0 Å². The lowest BCUT2D eigenvalue weighted by molar-refractivity contribution is -0.139. The predicted octanol–water partition coefficient (Wildman–Crippen LogP) is 3.39. The maximum atomic E-state index is 13.2. The summed E-state index contributed by atoms with van der Waals surface area (Å²) in [6, 6.07) is 1.05. The zero-order valence-corrected chi connectivity index (χ0v) is 19.6. The van der Waals surface area contributed by atoms with E-state index in [2.05, 4.69) is 25.5 Å². The smallest absolute Gasteiger partial charge is 0.378 e. The minimum Gasteiger partial charge on any atom is -0.378 e. The number of alkyl halides is 6. The van der Waals surface area contributed by atoms with E-state index in [-0.39, 0.29) is 25.2 Å². The summed E-state index contributed by atoms with van der Waals surface area (Å²) in [6.45, 7) is 4.28. The molecule has 3 aromatic rings. The Labute approximate surface area is 205 Å². The molecule has 0 aromatic carbocycles. The Morgan fingerprint density at radius 3 is 2.51 bits per heavy atom. The van der Waals surface area contributed by atoms with Crippen molar-refractivity contribution in [1.29, 1.82) is 0 Å². The van der Waals surface area contributed by atoms with Crippen molar-refractivity contribution >= 4 is 11.6 Å². The summed E-state index contributed by atoms with van der Waals surface area (Å²) >= 11 is 0. The van der Waals surface area contributed by atoms with Crippen LogP contribution in [0.4, 0.5) is 38.0 Å². The number of nitrogens with zero attached hydrogens (tertiary/aromatic N) is 6. The van der Waals surface area contributed by atoms with Gasteiger partial charge in [-0.05, 0) is 19.9 Å². The second-order valence-corrected chi connectivity index (χ2v) is 8.62. The highest BCUT2D eigenvalue weighted by Gasteiger charge is 2.37. The maximum Gasteiger partial charge on any atom is 0.423 e. The highest BCUT2D eigenvalue weighted by molar-refractivity contribution is 5.50. The number of rotatable bonds is 7. The van der Waals surface area contributed by atoms with E-state index >= 15 is 0 Å². The maximum absolute atomic E-state index is 13.2. The van der Waals surface area contributed by atoms with E-state index in [4.69, 9.17) is 4.74 Å². The molecule has 0 radical (unpaired) electrons. The molecule has 1 aliphatic heterocycles. The molecular weight excluding hydrogens is 510 g/mol. The average molecular weight is 532 g/mol. The SMILES string of the molecule is C[C@@H]1CN(c2ncc(C(F)(F)F)cn2)Cc2cc(COC[C@H](C)Nc3cn[nH]c(=O)c3C(F)(F)F)nn21. The van der Waals surface area contributed by atoms with Crippen molar-refractivity contribution in [2.24, 2.45) is 0 Å². The number of aromatic nitrogens is 6. The third kappa shape index (κ3) is 6.00. The third-order valence-electron chi connectivity index (χ3n) is 5.53. The van der Waals surface area contributed by atoms with Gasteiger partial charge in [0.25, 0.3) is 5.56 Å². The first-order valence-electron chi connectivity index (χ1n) is 11.0. The molecular formula is C21H22F6N8O2. The first-order chi connectivity index (χ1) is 17.3. The van der Waals surface area contributed by atoms with Gasteiger partial charge in [0.1, 0.15) is 5.56 Å². The molecule has 0 saturated carbocycles. The van der Waals surface area contributed by atoms with Crippen molar-refractivity contribution < 1.29 is 31.1 Å². The van der Waals surface area contributed by atoms with Gasteiger partial charge in [0.05, 0.1) is 54.6 Å². The van der Waals surface area contributed by atoms with Crippen molar-refractivity contribution in [3.63, 3.8) is 0 Å². The van der Waals surface area contributed by atoms with E-state index in [1.807, 2.05) is 6.92 Å². The molecule has 0 amide bonds. The lowest BCUT2D eigenvalue weighted by atomic mass is 10.2. The molecule has 0 spiro atoms. The predicted molar refractivity (Wildman–Crippen MR) is 118 cm³/mol. The fourth-order valence-corrected chi connectivity index (χ4v) is 3.94. The first-order valence-corrected chi connectivity index (χ1v) is 11.0. The monoisotopic (exact) mass is 532 g/mol. The molecule has 1 aliphatic rings. The van der Waals surface area contributed by atoms with Crippen molar-refractivity contribution in [2.75, 3.05) is 23.4 Å². The lowest BCUT2D eigenvalue weighted by Crippen LogP contribution is -2.37. The van der Waals surface area contributed by atoms with Crippen LogP contribution in [0.3, 0.4) is 0 Å². The minimum absolute atomic E-state index is 0.00730. The van der Waals surface area contributed by atoms with Crippen LogP contribution in [0.1, 0.15) is 42.4 Å². The fourth-order valence-electron chi connectivity index (χ4n) is 3.94. The molecule has 2 atom stereocenters. The van der Waals surface area contributed by atoms with E-state index in [1.165, 1.54) is 0 Å². The van der Waals surface area contributed by atoms with Gasteiger partial charge >= 0.3 is 12.4 Å². The summed E-state index contributed by atoms with van der Waals surface area (Å²) < 4.78 is 85.3. The van der Waals surface area contributed by atoms with Crippen LogP contribution in [-0.4, -0.2) is 49.1 Å². The summed E-state index contributed by atoms with van der Waals surface area (Å²) in [7, 11) is 0. The quantitative estimate of drug-likeness (QED) is 0.446. The number of ether oxygens (including phenoxy) is 1. The normalized spacial score (nSPS) is 17.0. The van der Waals surface area contributed by atoms with Gasteiger partial charge in [0.15, 0.2) is 0 Å². The van der Waals surface area contributed by atoms with Gasteiger partial charge in [-0.25, -0.2) is 15.1 Å². The summed E-state index contributed by atoms with van der Waals surface area (Å²) in [5.74, 6) is 0.164. The molecule has 10 nitrogen and oxygen atoms in total. The molecule has 200 valence electrons. The van der Waals surface area contributed by atoms with Gasteiger partial charge < -0.3 is 15.0 Å². The second kappa shape index (κ2) is 9.99. The van der Waals surface area contributed by atoms with Crippen molar-refractivity contribution in [3.05, 3.63) is 57.5 Å². The number of anilines is 2. The summed E-state index contributed by atoms with van der Waals surface area (Å²) in [4.78, 5) is 21.0. The van der Waals surface area contributed by atoms with E-state index < -0.39 is 40.8 Å². The zero-order chi connectivity index (χ0) is 27.0. The molecule has 4 rings (SSSR count). The Balaban J connectivity index is 1.36. The zero-order valence-electron chi connectivity index (χ0n) is 19.6. The van der Waals surface area contributed by atoms with Crippen LogP contribution in [0.5, 0.6) is 0 Å². The van der Waals surface area contributed by atoms with E-state index in [0.29, 0.717) is 18.8 Å². The van der Waals surface area contributed by atoms with E-state index in [1.54, 1.807) is 27.7 Å². The number of fused-ring (bicyclic) bond motifs is 1. The van der Waals surface area contributed by atoms with Crippen molar-refractivity contribution in [2.45, 2.75) is 51.4 Å². The highest BCUT2D eigenvalue weighted by atomic mass is 19.4. The third-order valence-corrected chi connectivity index (χ3v) is 5.53. The van der Waals surface area contributed by atoms with Crippen LogP contribution in [0.2, 0.25) is 0 Å². The van der Waals surface area contributed by atoms with E-state index in [0.717, 1.165) is 24.3 Å². The Hall–Kier alpha value is -3.69. The van der Waals surface area contributed by atoms with Crippen LogP contribution < -0.4 is 15.8 Å². The van der Waals surface area contributed by atoms with Crippen LogP contribution in [0, 0.1) is 0 Å². The topological polar surface area (TPSA) is 114 Å². The Morgan fingerprint density at radius 2 is 1.86 bits per heavy atom. The number of hydrogen-bond acceptors (Lipinski definition) is 8. The van der Waals surface area contributed by atoms with Gasteiger partial charge in [-0.15, -0.1) is 0 Å². The van der Waals surface area contributed by atoms with Crippen LogP contribution in [0.15, 0.2) is 29.5 Å². The second-order valence-electron chi connectivity index (χ2n) is 8.62. The Bertz CT molecular complexity index is 1290. The lowest BCUT2D eigenvalue weighted by Gasteiger charge is -2.32. The first kappa shape index (κ1) is 26.4. The highest BCUT2D eigenvalue weighted by Crippen LogP contribution is 2.32. The standard InChI is InChI=1S/C21H22F6N8O2/c1-11(31-16-6-30-32-18(36)17(16)21(25,26)27)9-37-10-14-3-15-8-34(7-12(2)35(15)33-14)19-28-4-13(5-29-19)20(22,23)24/h3-6,11-12H,7-10H2,1-2H3,(H2,31,32,36)/t11-,12+/m0/s1. The van der Waals surface area contributed by atoms with E-state index in [9.17, 15) is 31.1 Å². The summed E-state index contributed by atoms with van der Waals surface area (Å²) in [6.07, 6.45) is -7.01.